The largest absolute Gasteiger partial charge is 0.484 e. The standard InChI is InChI=1S/C48H32O/c1-2-18-34-31(14-1)15-12-27-36(34)37-19-3-4-21-39(37)47-42-24-7-5-22-40(42)46(41-23-6-8-25-43(41)47)33-17-11-16-32(30-33)35-26-13-28-44-38-20-9-10-29-45(38)49-48(35)44/h1-30,38,45H. The predicted octanol–water partition coefficient (Wildman–Crippen LogP) is 12.8. The summed E-state index contributed by atoms with van der Waals surface area (Å²) in [6.45, 7) is 0. The number of hydrogen-bond donors (Lipinski definition) is 0. The third-order valence-electron chi connectivity index (χ3n) is 10.4. The highest BCUT2D eigenvalue weighted by Crippen LogP contribution is 2.49. The van der Waals surface area contributed by atoms with Crippen LogP contribution in [0.1, 0.15) is 11.5 Å². The smallest absolute Gasteiger partial charge is 0.132 e. The van der Waals surface area contributed by atoms with Gasteiger partial charge in [-0.1, -0.05) is 170 Å². The first-order valence-electron chi connectivity index (χ1n) is 17.1. The quantitative estimate of drug-likeness (QED) is 0.177. The van der Waals surface area contributed by atoms with E-state index in [0.29, 0.717) is 0 Å². The van der Waals surface area contributed by atoms with Gasteiger partial charge in [-0.3, -0.25) is 0 Å². The predicted molar refractivity (Wildman–Crippen MR) is 206 cm³/mol. The number of ether oxygens (including phenoxy) is 1. The van der Waals surface area contributed by atoms with E-state index in [1.165, 1.54) is 76.8 Å². The van der Waals surface area contributed by atoms with Crippen LogP contribution in [0.3, 0.4) is 0 Å². The monoisotopic (exact) mass is 624 g/mol. The number of fused-ring (bicyclic) bond motifs is 6. The van der Waals surface area contributed by atoms with Crippen LogP contribution in [-0.4, -0.2) is 6.10 Å². The minimum Gasteiger partial charge on any atom is -0.484 e. The Kier molecular flexibility index (Phi) is 6.38. The first-order valence-corrected chi connectivity index (χ1v) is 17.1. The molecule has 1 nitrogen and oxygen atoms in total. The Morgan fingerprint density at radius 3 is 1.73 bits per heavy atom. The molecule has 1 heteroatoms. The fraction of sp³-hybridized carbons (Fsp3) is 0.0417. The third-order valence-corrected chi connectivity index (χ3v) is 10.4. The average molecular weight is 625 g/mol. The summed E-state index contributed by atoms with van der Waals surface area (Å²) < 4.78 is 6.58. The van der Waals surface area contributed by atoms with Gasteiger partial charge in [0.25, 0.3) is 0 Å². The van der Waals surface area contributed by atoms with Crippen molar-refractivity contribution in [3.05, 3.63) is 188 Å². The van der Waals surface area contributed by atoms with Gasteiger partial charge < -0.3 is 4.74 Å². The molecule has 8 aromatic carbocycles. The van der Waals surface area contributed by atoms with Gasteiger partial charge >= 0.3 is 0 Å². The molecule has 0 aromatic heterocycles. The van der Waals surface area contributed by atoms with Crippen molar-refractivity contribution in [2.24, 2.45) is 0 Å². The summed E-state index contributed by atoms with van der Waals surface area (Å²) in [5, 5.41) is 7.51. The molecule has 0 saturated carbocycles. The summed E-state index contributed by atoms with van der Waals surface area (Å²) in [5.41, 5.74) is 11.0. The van der Waals surface area contributed by atoms with Gasteiger partial charge in [0.2, 0.25) is 0 Å². The van der Waals surface area contributed by atoms with Crippen molar-refractivity contribution >= 4 is 32.3 Å². The molecule has 8 aromatic rings. The second-order valence-electron chi connectivity index (χ2n) is 13.1. The van der Waals surface area contributed by atoms with Crippen molar-refractivity contribution in [2.75, 3.05) is 0 Å². The van der Waals surface area contributed by atoms with Gasteiger partial charge in [-0.2, -0.15) is 0 Å². The van der Waals surface area contributed by atoms with E-state index in [-0.39, 0.29) is 12.0 Å². The summed E-state index contributed by atoms with van der Waals surface area (Å²) in [5.74, 6) is 1.27. The van der Waals surface area contributed by atoms with Gasteiger partial charge in [-0.05, 0) is 83.4 Å². The van der Waals surface area contributed by atoms with Gasteiger partial charge in [0.15, 0.2) is 0 Å². The lowest BCUT2D eigenvalue weighted by Crippen LogP contribution is -2.15. The Balaban J connectivity index is 1.20. The second kappa shape index (κ2) is 11.2. The summed E-state index contributed by atoms with van der Waals surface area (Å²) >= 11 is 0. The third kappa shape index (κ3) is 4.40. The molecule has 49 heavy (non-hydrogen) atoms. The van der Waals surface area contributed by atoms with Gasteiger partial charge in [0, 0.05) is 17.0 Å². The molecule has 1 heterocycles. The van der Waals surface area contributed by atoms with Crippen molar-refractivity contribution < 1.29 is 4.74 Å². The molecule has 2 unspecified atom stereocenters. The highest BCUT2D eigenvalue weighted by molar-refractivity contribution is 6.23. The van der Waals surface area contributed by atoms with Gasteiger partial charge in [-0.15, -0.1) is 0 Å². The Labute approximate surface area is 286 Å². The van der Waals surface area contributed by atoms with E-state index in [1.807, 2.05) is 0 Å². The minimum atomic E-state index is 0.0570. The number of rotatable bonds is 4. The summed E-state index contributed by atoms with van der Waals surface area (Å²) in [7, 11) is 0. The molecule has 0 spiro atoms. The second-order valence-corrected chi connectivity index (χ2v) is 13.1. The normalized spacial score (nSPS) is 16.2. The molecule has 1 aliphatic heterocycles. The summed E-state index contributed by atoms with van der Waals surface area (Å²) in [6.07, 6.45) is 8.71. The first kappa shape index (κ1) is 27.9. The molecule has 0 N–H and O–H groups in total. The van der Waals surface area contributed by atoms with E-state index < -0.39 is 0 Å². The van der Waals surface area contributed by atoms with Crippen molar-refractivity contribution in [1.82, 2.24) is 0 Å². The zero-order valence-electron chi connectivity index (χ0n) is 26.9. The molecule has 2 aliphatic rings. The fourth-order valence-corrected chi connectivity index (χ4v) is 8.26. The lowest BCUT2D eigenvalue weighted by molar-refractivity contribution is 0.270. The fourth-order valence-electron chi connectivity index (χ4n) is 8.26. The SMILES string of the molecule is C1=CC2Oc3c(-c4cccc(-c5c6ccccc6c(-c6ccccc6-c6cccc7ccccc67)c6ccccc56)c4)cccc3C2C=C1. The van der Waals surface area contributed by atoms with Crippen LogP contribution in [0.15, 0.2) is 182 Å². The maximum Gasteiger partial charge on any atom is 0.132 e. The molecule has 230 valence electrons. The van der Waals surface area contributed by atoms with E-state index >= 15 is 0 Å². The van der Waals surface area contributed by atoms with Crippen LogP contribution in [-0.2, 0) is 0 Å². The maximum absolute atomic E-state index is 6.58. The van der Waals surface area contributed by atoms with Gasteiger partial charge in [-0.25, -0.2) is 0 Å². The summed E-state index contributed by atoms with van der Waals surface area (Å²) in [6, 6.07) is 57.7. The molecular formula is C48H32O. The van der Waals surface area contributed by atoms with E-state index in [4.69, 9.17) is 4.74 Å². The molecule has 1 aliphatic carbocycles. The molecule has 0 amide bonds. The topological polar surface area (TPSA) is 9.23 Å². The molecular weight excluding hydrogens is 593 g/mol. The highest BCUT2D eigenvalue weighted by atomic mass is 16.5. The molecule has 0 radical (unpaired) electrons. The zero-order chi connectivity index (χ0) is 32.3. The van der Waals surface area contributed by atoms with Crippen LogP contribution >= 0.6 is 0 Å². The van der Waals surface area contributed by atoms with E-state index in [0.717, 1.165) is 11.3 Å². The van der Waals surface area contributed by atoms with Crippen molar-refractivity contribution in [3.8, 4) is 50.3 Å². The number of para-hydroxylation sites is 1. The Hall–Kier alpha value is -6.18. The van der Waals surface area contributed by atoms with Gasteiger partial charge in [0.1, 0.15) is 11.9 Å². The van der Waals surface area contributed by atoms with Crippen molar-refractivity contribution in [1.29, 1.82) is 0 Å². The lowest BCUT2D eigenvalue weighted by atomic mass is 9.83. The Bertz CT molecular complexity index is 2590. The number of benzene rings is 8. The summed E-state index contributed by atoms with van der Waals surface area (Å²) in [4.78, 5) is 0. The first-order chi connectivity index (χ1) is 24.3. The number of allylic oxidation sites excluding steroid dienone is 2. The maximum atomic E-state index is 6.58. The van der Waals surface area contributed by atoms with Gasteiger partial charge in [0.05, 0.1) is 0 Å². The van der Waals surface area contributed by atoms with Crippen LogP contribution in [0.25, 0.3) is 76.8 Å². The van der Waals surface area contributed by atoms with Crippen LogP contribution < -0.4 is 4.74 Å². The number of hydrogen-bond acceptors (Lipinski definition) is 1. The van der Waals surface area contributed by atoms with Crippen LogP contribution in [0.2, 0.25) is 0 Å². The van der Waals surface area contributed by atoms with Crippen LogP contribution in [0.5, 0.6) is 5.75 Å². The highest BCUT2D eigenvalue weighted by Gasteiger charge is 2.33. The molecule has 0 fully saturated rings. The minimum absolute atomic E-state index is 0.0570. The van der Waals surface area contributed by atoms with Crippen LogP contribution in [0.4, 0.5) is 0 Å². The lowest BCUT2D eigenvalue weighted by Gasteiger charge is -2.20. The molecule has 0 bridgehead atoms. The average Bonchev–Trinajstić information content (AvgIpc) is 3.56. The van der Waals surface area contributed by atoms with E-state index in [1.54, 1.807) is 0 Å². The Morgan fingerprint density at radius 2 is 0.939 bits per heavy atom. The molecule has 2 atom stereocenters. The molecule has 10 rings (SSSR count). The van der Waals surface area contributed by atoms with Crippen molar-refractivity contribution in [3.63, 3.8) is 0 Å². The van der Waals surface area contributed by atoms with Crippen LogP contribution in [0, 0.1) is 0 Å². The Morgan fingerprint density at radius 1 is 0.388 bits per heavy atom. The zero-order valence-corrected chi connectivity index (χ0v) is 26.9. The molecule has 0 saturated heterocycles. The van der Waals surface area contributed by atoms with E-state index in [9.17, 15) is 0 Å². The van der Waals surface area contributed by atoms with E-state index in [2.05, 4.69) is 182 Å². The van der Waals surface area contributed by atoms with Crippen molar-refractivity contribution in [2.45, 2.75) is 12.0 Å².